The number of nitrogens with two attached hydrogens (primary N) is 1. The van der Waals surface area contributed by atoms with Crippen molar-refractivity contribution in [2.45, 2.75) is 26.7 Å². The summed E-state index contributed by atoms with van der Waals surface area (Å²) in [7, 11) is 0. The summed E-state index contributed by atoms with van der Waals surface area (Å²) in [6.45, 7) is 6.07. The minimum atomic E-state index is -0.963. The van der Waals surface area contributed by atoms with E-state index in [-0.39, 0.29) is 10.8 Å². The van der Waals surface area contributed by atoms with Crippen LogP contribution in [0.5, 0.6) is 0 Å². The Morgan fingerprint density at radius 2 is 2.05 bits per heavy atom. The van der Waals surface area contributed by atoms with E-state index in [1.807, 2.05) is 39.0 Å². The molecule has 2 rings (SSSR count). The highest BCUT2D eigenvalue weighted by atomic mass is 79.9. The van der Waals surface area contributed by atoms with Gasteiger partial charge in [-0.05, 0) is 41.7 Å². The Labute approximate surface area is 130 Å². The fourth-order valence-electron chi connectivity index (χ4n) is 2.27. The van der Waals surface area contributed by atoms with Gasteiger partial charge in [0.25, 0.3) is 0 Å². The zero-order valence-electron chi connectivity index (χ0n) is 11.5. The fraction of sp³-hybridized carbons (Fsp3) is 0.267. The van der Waals surface area contributed by atoms with Crippen molar-refractivity contribution in [2.24, 2.45) is 0 Å². The van der Waals surface area contributed by atoms with Crippen LogP contribution < -0.4 is 5.73 Å². The molecule has 0 amide bonds. The first kappa shape index (κ1) is 15.1. The van der Waals surface area contributed by atoms with Gasteiger partial charge in [0.2, 0.25) is 0 Å². The lowest BCUT2D eigenvalue weighted by Crippen LogP contribution is -2.00. The number of carbonyl (C=O) groups is 1. The van der Waals surface area contributed by atoms with Crippen LogP contribution in [0, 0.1) is 6.92 Å². The van der Waals surface area contributed by atoms with E-state index in [0.717, 1.165) is 26.0 Å². The number of hydrogen-bond donors (Lipinski definition) is 2. The molecular weight excluding hydrogens is 338 g/mol. The molecule has 106 valence electrons. The van der Waals surface area contributed by atoms with Crippen LogP contribution in [0.3, 0.4) is 0 Å². The SMILES string of the molecule is Cc1cc(Br)ccc1-c1sc(C(=O)O)c(N)c1C(C)C. The molecule has 1 aromatic carbocycles. The maximum Gasteiger partial charge on any atom is 0.348 e. The van der Waals surface area contributed by atoms with Gasteiger partial charge in [0.15, 0.2) is 0 Å². The standard InChI is InChI=1S/C15H16BrNO2S/c1-7(2)11-12(17)14(15(18)19)20-13(11)10-5-4-9(16)6-8(10)3/h4-7H,17H2,1-3H3,(H,18,19). The molecule has 0 bridgehead atoms. The smallest absolute Gasteiger partial charge is 0.348 e. The van der Waals surface area contributed by atoms with Crippen molar-refractivity contribution in [3.05, 3.63) is 38.7 Å². The zero-order chi connectivity index (χ0) is 15.0. The molecule has 0 fully saturated rings. The van der Waals surface area contributed by atoms with Crippen LogP contribution in [-0.4, -0.2) is 11.1 Å². The molecule has 0 atom stereocenters. The van der Waals surface area contributed by atoms with Gasteiger partial charge < -0.3 is 10.8 Å². The van der Waals surface area contributed by atoms with Gasteiger partial charge in [-0.15, -0.1) is 11.3 Å². The molecule has 3 N–H and O–H groups in total. The minimum absolute atomic E-state index is 0.178. The summed E-state index contributed by atoms with van der Waals surface area (Å²) in [4.78, 5) is 12.5. The maximum atomic E-state index is 11.3. The summed E-state index contributed by atoms with van der Waals surface area (Å²) in [5.74, 6) is -0.784. The molecule has 2 aromatic rings. The average molecular weight is 354 g/mol. The van der Waals surface area contributed by atoms with Gasteiger partial charge in [-0.3, -0.25) is 0 Å². The number of anilines is 1. The van der Waals surface area contributed by atoms with E-state index in [4.69, 9.17) is 5.73 Å². The summed E-state index contributed by atoms with van der Waals surface area (Å²) in [6.07, 6.45) is 0. The molecule has 3 nitrogen and oxygen atoms in total. The van der Waals surface area contributed by atoms with Crippen LogP contribution in [0.4, 0.5) is 5.69 Å². The summed E-state index contributed by atoms with van der Waals surface area (Å²) >= 11 is 4.70. The Balaban J connectivity index is 2.73. The summed E-state index contributed by atoms with van der Waals surface area (Å²) < 4.78 is 1.01. The lowest BCUT2D eigenvalue weighted by molar-refractivity contribution is 0.0703. The molecule has 5 heteroatoms. The third-order valence-corrected chi connectivity index (χ3v) is 4.92. The lowest BCUT2D eigenvalue weighted by Gasteiger charge is -2.11. The second-order valence-electron chi connectivity index (χ2n) is 5.01. The Morgan fingerprint density at radius 3 is 2.55 bits per heavy atom. The quantitative estimate of drug-likeness (QED) is 0.825. The van der Waals surface area contributed by atoms with Crippen molar-refractivity contribution in [1.29, 1.82) is 0 Å². The van der Waals surface area contributed by atoms with E-state index in [9.17, 15) is 9.90 Å². The van der Waals surface area contributed by atoms with Gasteiger partial charge in [0, 0.05) is 9.35 Å². The number of carboxylic acid groups (broad SMARTS) is 1. The highest BCUT2D eigenvalue weighted by Gasteiger charge is 2.23. The van der Waals surface area contributed by atoms with E-state index in [1.54, 1.807) is 0 Å². The molecule has 0 aliphatic carbocycles. The van der Waals surface area contributed by atoms with Crippen LogP contribution in [-0.2, 0) is 0 Å². The molecule has 20 heavy (non-hydrogen) atoms. The number of hydrogen-bond acceptors (Lipinski definition) is 3. The Kier molecular flexibility index (Phi) is 4.20. The number of rotatable bonds is 3. The zero-order valence-corrected chi connectivity index (χ0v) is 13.9. The van der Waals surface area contributed by atoms with E-state index in [0.29, 0.717) is 5.69 Å². The predicted molar refractivity (Wildman–Crippen MR) is 87.7 cm³/mol. The van der Waals surface area contributed by atoms with E-state index in [2.05, 4.69) is 15.9 Å². The molecule has 0 unspecified atom stereocenters. The first-order valence-corrected chi connectivity index (χ1v) is 7.85. The molecule has 0 saturated carbocycles. The highest BCUT2D eigenvalue weighted by molar-refractivity contribution is 9.10. The molecule has 1 aromatic heterocycles. The average Bonchev–Trinajstić information content (AvgIpc) is 2.66. The van der Waals surface area contributed by atoms with E-state index < -0.39 is 5.97 Å². The Bertz CT molecular complexity index is 677. The number of aryl methyl sites for hydroxylation is 1. The van der Waals surface area contributed by atoms with Crippen LogP contribution in [0.15, 0.2) is 22.7 Å². The largest absolute Gasteiger partial charge is 0.477 e. The van der Waals surface area contributed by atoms with Crippen molar-refractivity contribution < 1.29 is 9.90 Å². The Morgan fingerprint density at radius 1 is 1.40 bits per heavy atom. The number of thiophene rings is 1. The molecule has 0 aliphatic rings. The van der Waals surface area contributed by atoms with Crippen LogP contribution in [0.25, 0.3) is 10.4 Å². The van der Waals surface area contributed by atoms with E-state index >= 15 is 0 Å². The Hall–Kier alpha value is -1.33. The van der Waals surface area contributed by atoms with Gasteiger partial charge in [0.05, 0.1) is 5.69 Å². The molecule has 0 radical (unpaired) electrons. The lowest BCUT2D eigenvalue weighted by atomic mass is 9.96. The van der Waals surface area contributed by atoms with Gasteiger partial charge in [0.1, 0.15) is 4.88 Å². The minimum Gasteiger partial charge on any atom is -0.477 e. The number of benzene rings is 1. The van der Waals surface area contributed by atoms with Crippen molar-refractivity contribution in [1.82, 2.24) is 0 Å². The molecule has 0 saturated heterocycles. The third kappa shape index (κ3) is 2.60. The second kappa shape index (κ2) is 5.58. The summed E-state index contributed by atoms with van der Waals surface area (Å²) in [6, 6.07) is 5.99. The van der Waals surface area contributed by atoms with Crippen LogP contribution >= 0.6 is 27.3 Å². The van der Waals surface area contributed by atoms with E-state index in [1.165, 1.54) is 11.3 Å². The van der Waals surface area contributed by atoms with Crippen molar-refractivity contribution in [2.75, 3.05) is 5.73 Å². The number of nitrogen functional groups attached to an aromatic ring is 1. The highest BCUT2D eigenvalue weighted by Crippen LogP contribution is 2.43. The fourth-order valence-corrected chi connectivity index (χ4v) is 4.05. The number of halogens is 1. The van der Waals surface area contributed by atoms with Gasteiger partial charge >= 0.3 is 5.97 Å². The monoisotopic (exact) mass is 353 g/mol. The van der Waals surface area contributed by atoms with Crippen molar-refractivity contribution >= 4 is 38.9 Å². The topological polar surface area (TPSA) is 63.3 Å². The number of aromatic carboxylic acids is 1. The van der Waals surface area contributed by atoms with Crippen molar-refractivity contribution in [3.8, 4) is 10.4 Å². The maximum absolute atomic E-state index is 11.3. The first-order valence-electron chi connectivity index (χ1n) is 6.25. The third-order valence-electron chi connectivity index (χ3n) is 3.19. The normalized spacial score (nSPS) is 11.1. The van der Waals surface area contributed by atoms with Crippen LogP contribution in [0.1, 0.15) is 40.6 Å². The molecule has 1 heterocycles. The molecule has 0 spiro atoms. The summed E-state index contributed by atoms with van der Waals surface area (Å²) in [5.41, 5.74) is 9.51. The second-order valence-corrected chi connectivity index (χ2v) is 6.94. The van der Waals surface area contributed by atoms with Gasteiger partial charge in [-0.1, -0.05) is 35.8 Å². The van der Waals surface area contributed by atoms with Gasteiger partial charge in [-0.2, -0.15) is 0 Å². The summed E-state index contributed by atoms with van der Waals surface area (Å²) in [5, 5.41) is 9.27. The van der Waals surface area contributed by atoms with Crippen LogP contribution in [0.2, 0.25) is 0 Å². The molecule has 0 aliphatic heterocycles. The predicted octanol–water partition coefficient (Wildman–Crippen LogP) is 4.89. The molecular formula is C15H16BrNO2S. The first-order chi connectivity index (χ1) is 9.32. The number of carboxylic acids is 1. The van der Waals surface area contributed by atoms with Crippen molar-refractivity contribution in [3.63, 3.8) is 0 Å². The van der Waals surface area contributed by atoms with Gasteiger partial charge in [-0.25, -0.2) is 4.79 Å².